The molecule has 1 amide bonds. The lowest BCUT2D eigenvalue weighted by Gasteiger charge is -2.17. The number of carbonyl (C=O) groups excluding carboxylic acids is 1. The molecule has 5 nitrogen and oxygen atoms in total. The Kier molecular flexibility index (Phi) is 3.39. The molecule has 0 saturated carbocycles. The highest BCUT2D eigenvalue weighted by molar-refractivity contribution is 6.06. The molecule has 2 aromatic rings. The number of nitrogens with zero attached hydrogens (tertiary/aromatic N) is 2. The van der Waals surface area contributed by atoms with Crippen LogP contribution >= 0.6 is 0 Å². The van der Waals surface area contributed by atoms with E-state index < -0.39 is 5.97 Å². The fraction of sp³-hybridized carbons (Fsp3) is 0.188. The number of carbonyl (C=O) groups is 2. The fourth-order valence-corrected chi connectivity index (χ4v) is 2.70. The first-order valence-electron chi connectivity index (χ1n) is 6.70. The largest absolute Gasteiger partial charge is 0.481 e. The van der Waals surface area contributed by atoms with Crippen LogP contribution < -0.4 is 4.90 Å². The Balaban J connectivity index is 1.94. The van der Waals surface area contributed by atoms with Crippen LogP contribution in [0.25, 0.3) is 0 Å². The van der Waals surface area contributed by atoms with Crippen LogP contribution in [0.1, 0.15) is 28.4 Å². The lowest BCUT2D eigenvalue weighted by atomic mass is 9.98. The van der Waals surface area contributed by atoms with Gasteiger partial charge in [-0.15, -0.1) is 0 Å². The van der Waals surface area contributed by atoms with Crippen LogP contribution in [0.4, 0.5) is 5.69 Å². The number of anilines is 1. The summed E-state index contributed by atoms with van der Waals surface area (Å²) < 4.78 is 0. The second kappa shape index (κ2) is 5.36. The Hall–Kier alpha value is -2.69. The maximum atomic E-state index is 12.6. The van der Waals surface area contributed by atoms with Crippen molar-refractivity contribution in [3.63, 3.8) is 0 Å². The Morgan fingerprint density at radius 2 is 1.95 bits per heavy atom. The van der Waals surface area contributed by atoms with Gasteiger partial charge in [-0.1, -0.05) is 24.3 Å². The second-order valence-corrected chi connectivity index (χ2v) is 4.98. The lowest BCUT2D eigenvalue weighted by molar-refractivity contribution is -0.137. The van der Waals surface area contributed by atoms with E-state index in [1.54, 1.807) is 29.3 Å². The molecule has 5 heteroatoms. The summed E-state index contributed by atoms with van der Waals surface area (Å²) in [5.41, 5.74) is 2.05. The molecule has 2 heterocycles. The van der Waals surface area contributed by atoms with Crippen LogP contribution in [-0.4, -0.2) is 28.5 Å². The predicted molar refractivity (Wildman–Crippen MR) is 77.3 cm³/mol. The van der Waals surface area contributed by atoms with Gasteiger partial charge < -0.3 is 10.0 Å². The van der Waals surface area contributed by atoms with Gasteiger partial charge in [0.1, 0.15) is 5.69 Å². The van der Waals surface area contributed by atoms with Crippen molar-refractivity contribution in [2.75, 3.05) is 11.4 Å². The molecule has 0 aliphatic carbocycles. The molecular weight excluding hydrogens is 268 g/mol. The van der Waals surface area contributed by atoms with Gasteiger partial charge in [-0.2, -0.15) is 0 Å². The highest BCUT2D eigenvalue weighted by Crippen LogP contribution is 2.38. The van der Waals surface area contributed by atoms with Gasteiger partial charge in [0.2, 0.25) is 0 Å². The number of benzene rings is 1. The van der Waals surface area contributed by atoms with E-state index in [2.05, 4.69) is 4.98 Å². The average Bonchev–Trinajstić information content (AvgIpc) is 2.86. The zero-order chi connectivity index (χ0) is 14.8. The zero-order valence-electron chi connectivity index (χ0n) is 11.3. The number of aliphatic carboxylic acids is 1. The van der Waals surface area contributed by atoms with Crippen molar-refractivity contribution >= 4 is 17.6 Å². The van der Waals surface area contributed by atoms with Crippen molar-refractivity contribution in [2.24, 2.45) is 0 Å². The monoisotopic (exact) mass is 282 g/mol. The predicted octanol–water partition coefficient (Wildman–Crippen LogP) is 2.30. The third-order valence-electron chi connectivity index (χ3n) is 3.62. The van der Waals surface area contributed by atoms with Crippen molar-refractivity contribution in [3.05, 3.63) is 59.9 Å². The van der Waals surface area contributed by atoms with Crippen molar-refractivity contribution in [1.82, 2.24) is 4.98 Å². The number of carboxylic acid groups (broad SMARTS) is 1. The van der Waals surface area contributed by atoms with E-state index in [0.717, 1.165) is 11.3 Å². The molecule has 1 aromatic carbocycles. The molecule has 1 aliphatic rings. The highest BCUT2D eigenvalue weighted by atomic mass is 16.4. The number of rotatable bonds is 3. The SMILES string of the molecule is O=C(O)CC1CN(C(=O)c2ccccn2)c2ccccc21. The van der Waals surface area contributed by atoms with Crippen molar-refractivity contribution in [1.29, 1.82) is 0 Å². The van der Waals surface area contributed by atoms with Crippen LogP contribution in [0.15, 0.2) is 48.7 Å². The molecule has 1 atom stereocenters. The number of hydrogen-bond acceptors (Lipinski definition) is 3. The van der Waals surface area contributed by atoms with Crippen molar-refractivity contribution < 1.29 is 14.7 Å². The van der Waals surface area contributed by atoms with Gasteiger partial charge in [0.25, 0.3) is 5.91 Å². The van der Waals surface area contributed by atoms with E-state index in [0.29, 0.717) is 12.2 Å². The van der Waals surface area contributed by atoms with Gasteiger partial charge >= 0.3 is 5.97 Å². The van der Waals surface area contributed by atoms with E-state index in [4.69, 9.17) is 5.11 Å². The average molecular weight is 282 g/mol. The molecule has 0 spiro atoms. The van der Waals surface area contributed by atoms with E-state index in [1.807, 2.05) is 24.3 Å². The molecule has 1 unspecified atom stereocenters. The minimum atomic E-state index is -0.859. The van der Waals surface area contributed by atoms with Gasteiger partial charge in [-0.05, 0) is 23.8 Å². The number of aromatic nitrogens is 1. The van der Waals surface area contributed by atoms with Crippen LogP contribution in [0, 0.1) is 0 Å². The zero-order valence-corrected chi connectivity index (χ0v) is 11.3. The van der Waals surface area contributed by atoms with Gasteiger partial charge in [0.15, 0.2) is 0 Å². The Morgan fingerprint density at radius 3 is 2.67 bits per heavy atom. The number of hydrogen-bond donors (Lipinski definition) is 1. The Morgan fingerprint density at radius 1 is 1.19 bits per heavy atom. The molecule has 1 aliphatic heterocycles. The number of carboxylic acids is 1. The first kappa shape index (κ1) is 13.3. The third-order valence-corrected chi connectivity index (χ3v) is 3.62. The van der Waals surface area contributed by atoms with E-state index >= 15 is 0 Å². The quantitative estimate of drug-likeness (QED) is 0.937. The van der Waals surface area contributed by atoms with E-state index in [-0.39, 0.29) is 18.2 Å². The summed E-state index contributed by atoms with van der Waals surface area (Å²) >= 11 is 0. The minimum absolute atomic E-state index is 0.0169. The number of amides is 1. The normalized spacial score (nSPS) is 16.6. The van der Waals surface area contributed by atoms with Crippen molar-refractivity contribution in [3.8, 4) is 0 Å². The van der Waals surface area contributed by atoms with Crippen LogP contribution in [-0.2, 0) is 4.79 Å². The van der Waals surface area contributed by atoms with Gasteiger partial charge in [-0.25, -0.2) is 0 Å². The summed E-state index contributed by atoms with van der Waals surface area (Å²) in [7, 11) is 0. The molecular formula is C16H14N2O3. The third kappa shape index (κ3) is 2.50. The van der Waals surface area contributed by atoms with Crippen LogP contribution in [0.5, 0.6) is 0 Å². The van der Waals surface area contributed by atoms with E-state index in [1.165, 1.54) is 0 Å². The molecule has 0 bridgehead atoms. The fourth-order valence-electron chi connectivity index (χ4n) is 2.70. The highest BCUT2D eigenvalue weighted by Gasteiger charge is 2.33. The standard InChI is InChI=1S/C16H14N2O3/c19-15(20)9-11-10-18(14-7-2-1-5-12(11)14)16(21)13-6-3-4-8-17-13/h1-8,11H,9-10H2,(H,19,20). The molecule has 0 fully saturated rings. The van der Waals surface area contributed by atoms with Gasteiger partial charge in [0.05, 0.1) is 6.42 Å². The van der Waals surface area contributed by atoms with Crippen LogP contribution in [0.3, 0.4) is 0 Å². The molecule has 0 saturated heterocycles. The summed E-state index contributed by atoms with van der Waals surface area (Å²) in [5, 5.41) is 9.03. The maximum Gasteiger partial charge on any atom is 0.304 e. The minimum Gasteiger partial charge on any atom is -0.481 e. The van der Waals surface area contributed by atoms with Crippen molar-refractivity contribution in [2.45, 2.75) is 12.3 Å². The number of pyridine rings is 1. The Labute approximate surface area is 121 Å². The Bertz CT molecular complexity index is 685. The number of para-hydroxylation sites is 1. The second-order valence-electron chi connectivity index (χ2n) is 4.98. The van der Waals surface area contributed by atoms with Gasteiger partial charge in [-0.3, -0.25) is 14.6 Å². The first-order valence-corrected chi connectivity index (χ1v) is 6.70. The lowest BCUT2D eigenvalue weighted by Crippen LogP contribution is -2.30. The molecule has 1 aromatic heterocycles. The van der Waals surface area contributed by atoms with E-state index in [9.17, 15) is 9.59 Å². The summed E-state index contributed by atoms with van der Waals surface area (Å²) in [6.07, 6.45) is 1.59. The topological polar surface area (TPSA) is 70.5 Å². The molecule has 1 N–H and O–H groups in total. The molecule has 106 valence electrons. The molecule has 3 rings (SSSR count). The number of fused-ring (bicyclic) bond motifs is 1. The summed E-state index contributed by atoms with van der Waals surface area (Å²) in [4.78, 5) is 29.2. The molecule has 0 radical (unpaired) electrons. The summed E-state index contributed by atoms with van der Waals surface area (Å²) in [6, 6.07) is 12.6. The van der Waals surface area contributed by atoms with Gasteiger partial charge in [0, 0.05) is 24.3 Å². The molecule has 21 heavy (non-hydrogen) atoms. The smallest absolute Gasteiger partial charge is 0.304 e. The summed E-state index contributed by atoms with van der Waals surface area (Å²) in [5.74, 6) is -1.23. The van der Waals surface area contributed by atoms with Crippen LogP contribution in [0.2, 0.25) is 0 Å². The summed E-state index contributed by atoms with van der Waals surface area (Å²) in [6.45, 7) is 0.376. The maximum absolute atomic E-state index is 12.6. The first-order chi connectivity index (χ1) is 10.2.